The molecule has 2 aliphatic heterocycles. The average molecular weight is 321 g/mol. The highest BCUT2D eigenvalue weighted by molar-refractivity contribution is 5.83. The number of hydrogen-bond donors (Lipinski definition) is 2. The number of benzene rings is 1. The third-order valence-electron chi connectivity index (χ3n) is 4.13. The Morgan fingerprint density at radius 2 is 1.91 bits per heavy atom. The van der Waals surface area contributed by atoms with Gasteiger partial charge in [0.05, 0.1) is 12.0 Å². The van der Waals surface area contributed by atoms with Crippen molar-refractivity contribution >= 4 is 11.9 Å². The molecule has 1 amide bonds. The lowest BCUT2D eigenvalue weighted by molar-refractivity contribution is -0.141. The van der Waals surface area contributed by atoms with Crippen LogP contribution in [0.15, 0.2) is 24.3 Å². The van der Waals surface area contributed by atoms with Crippen LogP contribution in [0.4, 0.5) is 0 Å². The predicted molar refractivity (Wildman–Crippen MR) is 79.5 cm³/mol. The van der Waals surface area contributed by atoms with Crippen LogP contribution in [0.1, 0.15) is 19.3 Å². The molecule has 0 saturated carbocycles. The number of carboxylic acids is 1. The van der Waals surface area contributed by atoms with E-state index in [0.717, 1.165) is 0 Å². The van der Waals surface area contributed by atoms with E-state index in [9.17, 15) is 9.59 Å². The van der Waals surface area contributed by atoms with Gasteiger partial charge in [-0.2, -0.15) is 0 Å². The van der Waals surface area contributed by atoms with E-state index in [4.69, 9.17) is 19.3 Å². The van der Waals surface area contributed by atoms with Crippen molar-refractivity contribution in [3.8, 4) is 11.5 Å². The Balaban J connectivity index is 1.69. The first-order chi connectivity index (χ1) is 11.1. The van der Waals surface area contributed by atoms with Crippen molar-refractivity contribution in [2.75, 3.05) is 19.8 Å². The van der Waals surface area contributed by atoms with Crippen LogP contribution < -0.4 is 14.8 Å². The van der Waals surface area contributed by atoms with Crippen LogP contribution >= 0.6 is 0 Å². The van der Waals surface area contributed by atoms with Gasteiger partial charge in [-0.05, 0) is 25.0 Å². The highest BCUT2D eigenvalue weighted by Crippen LogP contribution is 2.31. The van der Waals surface area contributed by atoms with Gasteiger partial charge in [-0.15, -0.1) is 0 Å². The van der Waals surface area contributed by atoms with Crippen LogP contribution in [0.5, 0.6) is 11.5 Å². The standard InChI is InChI=1S/C16H19NO6/c18-14(19)9-16(5-7-21-8-6-16)17-15(20)13-10-22-11-3-1-2-4-12(11)23-13/h1-4,13H,5-10H2,(H,17,20)(H,18,19). The summed E-state index contributed by atoms with van der Waals surface area (Å²) in [5.74, 6) is -0.193. The molecule has 1 atom stereocenters. The molecule has 2 aliphatic rings. The zero-order chi connectivity index (χ0) is 16.3. The van der Waals surface area contributed by atoms with Crippen molar-refractivity contribution in [1.82, 2.24) is 5.32 Å². The second-order valence-corrected chi connectivity index (χ2v) is 5.82. The Bertz CT molecular complexity index is 596. The zero-order valence-corrected chi connectivity index (χ0v) is 12.6. The predicted octanol–water partition coefficient (Wildman–Crippen LogP) is 0.967. The lowest BCUT2D eigenvalue weighted by Crippen LogP contribution is -2.57. The molecule has 23 heavy (non-hydrogen) atoms. The minimum atomic E-state index is -0.946. The number of carboxylic acid groups (broad SMARTS) is 1. The lowest BCUT2D eigenvalue weighted by Gasteiger charge is -2.38. The number of amides is 1. The van der Waals surface area contributed by atoms with Gasteiger partial charge < -0.3 is 24.6 Å². The van der Waals surface area contributed by atoms with Crippen molar-refractivity contribution in [3.63, 3.8) is 0 Å². The summed E-state index contributed by atoms with van der Waals surface area (Å²) in [7, 11) is 0. The summed E-state index contributed by atoms with van der Waals surface area (Å²) in [4.78, 5) is 23.7. The Morgan fingerprint density at radius 3 is 2.61 bits per heavy atom. The molecule has 0 bridgehead atoms. The number of ether oxygens (including phenoxy) is 3. The Hall–Kier alpha value is -2.28. The highest BCUT2D eigenvalue weighted by Gasteiger charge is 2.39. The average Bonchev–Trinajstić information content (AvgIpc) is 2.54. The number of carbonyl (C=O) groups is 2. The van der Waals surface area contributed by atoms with Gasteiger partial charge in [-0.1, -0.05) is 12.1 Å². The number of rotatable bonds is 4. The van der Waals surface area contributed by atoms with Crippen molar-refractivity contribution in [1.29, 1.82) is 0 Å². The summed E-state index contributed by atoms with van der Waals surface area (Å²) in [6, 6.07) is 7.13. The fourth-order valence-corrected chi connectivity index (χ4v) is 2.89. The molecule has 124 valence electrons. The lowest BCUT2D eigenvalue weighted by atomic mass is 9.86. The van der Waals surface area contributed by atoms with Gasteiger partial charge in [0.2, 0.25) is 6.10 Å². The number of aliphatic carboxylic acids is 1. The second-order valence-electron chi connectivity index (χ2n) is 5.82. The van der Waals surface area contributed by atoms with Crippen LogP contribution in [-0.4, -0.2) is 48.4 Å². The smallest absolute Gasteiger partial charge is 0.305 e. The molecule has 1 saturated heterocycles. The van der Waals surface area contributed by atoms with E-state index in [1.165, 1.54) is 0 Å². The molecule has 7 heteroatoms. The number of para-hydroxylation sites is 2. The highest BCUT2D eigenvalue weighted by atomic mass is 16.6. The van der Waals surface area contributed by atoms with Crippen LogP contribution in [0.2, 0.25) is 0 Å². The summed E-state index contributed by atoms with van der Waals surface area (Å²) in [5, 5.41) is 12.0. The molecule has 1 aromatic carbocycles. The summed E-state index contributed by atoms with van der Waals surface area (Å²) in [5.41, 5.74) is -0.790. The van der Waals surface area contributed by atoms with Crippen LogP contribution in [-0.2, 0) is 14.3 Å². The van der Waals surface area contributed by atoms with Crippen molar-refractivity contribution in [3.05, 3.63) is 24.3 Å². The normalized spacial score (nSPS) is 22.2. The fraction of sp³-hybridized carbons (Fsp3) is 0.500. The Morgan fingerprint density at radius 1 is 1.22 bits per heavy atom. The van der Waals surface area contributed by atoms with Crippen LogP contribution in [0, 0.1) is 0 Å². The molecule has 1 unspecified atom stereocenters. The van der Waals surface area contributed by atoms with E-state index in [0.29, 0.717) is 37.6 Å². The molecule has 0 radical (unpaired) electrons. The fourth-order valence-electron chi connectivity index (χ4n) is 2.89. The van der Waals surface area contributed by atoms with Gasteiger partial charge in [0, 0.05) is 13.2 Å². The molecular formula is C16H19NO6. The summed E-state index contributed by atoms with van der Waals surface area (Å²) < 4.78 is 16.5. The topological polar surface area (TPSA) is 94.1 Å². The molecule has 1 fully saturated rings. The van der Waals surface area contributed by atoms with E-state index in [2.05, 4.69) is 5.32 Å². The van der Waals surface area contributed by atoms with E-state index < -0.39 is 17.6 Å². The first-order valence-electron chi connectivity index (χ1n) is 7.58. The maximum absolute atomic E-state index is 12.5. The molecule has 1 aromatic rings. The van der Waals surface area contributed by atoms with Crippen LogP contribution in [0.3, 0.4) is 0 Å². The first kappa shape index (κ1) is 15.6. The van der Waals surface area contributed by atoms with E-state index in [1.54, 1.807) is 18.2 Å². The summed E-state index contributed by atoms with van der Waals surface area (Å²) >= 11 is 0. The first-order valence-corrected chi connectivity index (χ1v) is 7.58. The van der Waals surface area contributed by atoms with Crippen molar-refractivity contribution in [2.24, 2.45) is 0 Å². The van der Waals surface area contributed by atoms with Gasteiger partial charge in [0.25, 0.3) is 5.91 Å². The Kier molecular flexibility index (Phi) is 4.38. The second kappa shape index (κ2) is 6.45. The van der Waals surface area contributed by atoms with Crippen molar-refractivity contribution in [2.45, 2.75) is 30.9 Å². The van der Waals surface area contributed by atoms with E-state index in [1.807, 2.05) is 6.07 Å². The molecule has 0 spiro atoms. The maximum atomic E-state index is 12.5. The van der Waals surface area contributed by atoms with Crippen molar-refractivity contribution < 1.29 is 28.9 Å². The van der Waals surface area contributed by atoms with Gasteiger partial charge >= 0.3 is 5.97 Å². The molecule has 3 rings (SSSR count). The third kappa shape index (κ3) is 3.56. The SMILES string of the molecule is O=C(O)CC1(NC(=O)C2COc3ccccc3O2)CCOCC1. The largest absolute Gasteiger partial charge is 0.485 e. The Labute approximate surface area is 133 Å². The molecule has 2 heterocycles. The number of nitrogens with one attached hydrogen (secondary N) is 1. The maximum Gasteiger partial charge on any atom is 0.305 e. The monoisotopic (exact) mass is 321 g/mol. The number of hydrogen-bond acceptors (Lipinski definition) is 5. The molecular weight excluding hydrogens is 302 g/mol. The zero-order valence-electron chi connectivity index (χ0n) is 12.6. The number of carbonyl (C=O) groups excluding carboxylic acids is 1. The van der Waals surface area contributed by atoms with Gasteiger partial charge in [0.1, 0.15) is 6.61 Å². The van der Waals surface area contributed by atoms with Gasteiger partial charge in [-0.25, -0.2) is 0 Å². The summed E-state index contributed by atoms with van der Waals surface area (Å²) in [6.45, 7) is 0.958. The number of fused-ring (bicyclic) bond motifs is 1. The summed E-state index contributed by atoms with van der Waals surface area (Å²) in [6.07, 6.45) is 0.00912. The minimum Gasteiger partial charge on any atom is -0.485 e. The molecule has 2 N–H and O–H groups in total. The molecule has 7 nitrogen and oxygen atoms in total. The van der Waals surface area contributed by atoms with Gasteiger partial charge in [-0.3, -0.25) is 9.59 Å². The third-order valence-corrected chi connectivity index (χ3v) is 4.13. The van der Waals surface area contributed by atoms with E-state index in [-0.39, 0.29) is 18.9 Å². The van der Waals surface area contributed by atoms with Gasteiger partial charge in [0.15, 0.2) is 11.5 Å². The molecule has 0 aromatic heterocycles. The van der Waals surface area contributed by atoms with E-state index >= 15 is 0 Å². The minimum absolute atomic E-state index is 0.0997. The van der Waals surface area contributed by atoms with Crippen LogP contribution in [0.25, 0.3) is 0 Å². The molecule has 0 aliphatic carbocycles. The quantitative estimate of drug-likeness (QED) is 0.858.